The van der Waals surface area contributed by atoms with Crippen LogP contribution < -0.4 is 10.6 Å². The third-order valence-electron chi connectivity index (χ3n) is 4.49. The summed E-state index contributed by atoms with van der Waals surface area (Å²) in [6.45, 7) is 3.02. The molecule has 3 rings (SSSR count). The predicted octanol–water partition coefficient (Wildman–Crippen LogP) is 3.04. The van der Waals surface area contributed by atoms with Gasteiger partial charge in [0, 0.05) is 32.3 Å². The van der Waals surface area contributed by atoms with E-state index in [2.05, 4.69) is 37.7 Å². The third-order valence-corrected chi connectivity index (χ3v) is 4.49. The van der Waals surface area contributed by atoms with Gasteiger partial charge >= 0.3 is 0 Å². The second kappa shape index (κ2) is 10.4. The van der Waals surface area contributed by atoms with E-state index in [9.17, 15) is 0 Å². The van der Waals surface area contributed by atoms with Crippen LogP contribution in [-0.4, -0.2) is 40.7 Å². The minimum Gasteiger partial charge on any atom is -0.356 e. The topological polar surface area (TPSA) is 88.2 Å². The van der Waals surface area contributed by atoms with E-state index in [1.54, 1.807) is 13.2 Å². The minimum absolute atomic E-state index is 0. The standard InChI is InChI=1S/C18H26N6O.HI/c1-13-6-5-7-14(12-13)22-18(19-2)21-11-9-16-23-17(25-24-16)15-8-3-4-10-20-15;/h3-4,8,10,13-14H,5-7,9,11-12H2,1-2H3,(H2,19,21,22);1H. The van der Waals surface area contributed by atoms with Crippen molar-refractivity contribution in [2.45, 2.75) is 45.1 Å². The Labute approximate surface area is 171 Å². The molecule has 2 aromatic rings. The Hall–Kier alpha value is -1.71. The molecule has 7 nitrogen and oxygen atoms in total. The molecule has 1 aliphatic rings. The van der Waals surface area contributed by atoms with Crippen LogP contribution in [0.5, 0.6) is 0 Å². The number of nitrogens with zero attached hydrogens (tertiary/aromatic N) is 4. The lowest BCUT2D eigenvalue weighted by atomic mass is 9.87. The monoisotopic (exact) mass is 470 g/mol. The smallest absolute Gasteiger partial charge is 0.276 e. The molecule has 2 unspecified atom stereocenters. The molecule has 8 heteroatoms. The van der Waals surface area contributed by atoms with Crippen LogP contribution in [0.1, 0.15) is 38.4 Å². The lowest BCUT2D eigenvalue weighted by Gasteiger charge is -2.28. The Kier molecular flexibility index (Phi) is 8.27. The Balaban J connectivity index is 0.00000243. The van der Waals surface area contributed by atoms with E-state index < -0.39 is 0 Å². The van der Waals surface area contributed by atoms with Crippen molar-refractivity contribution in [1.29, 1.82) is 0 Å². The zero-order chi connectivity index (χ0) is 17.5. The molecule has 2 heterocycles. The van der Waals surface area contributed by atoms with Crippen molar-refractivity contribution in [2.75, 3.05) is 13.6 Å². The van der Waals surface area contributed by atoms with Crippen LogP contribution in [0.2, 0.25) is 0 Å². The summed E-state index contributed by atoms with van der Waals surface area (Å²) in [5.74, 6) is 2.74. The first kappa shape index (κ1) is 20.6. The summed E-state index contributed by atoms with van der Waals surface area (Å²) >= 11 is 0. The highest BCUT2D eigenvalue weighted by molar-refractivity contribution is 14.0. The van der Waals surface area contributed by atoms with Crippen LogP contribution in [0.25, 0.3) is 11.6 Å². The van der Waals surface area contributed by atoms with Gasteiger partial charge in [-0.25, -0.2) is 0 Å². The van der Waals surface area contributed by atoms with Crippen LogP contribution in [0.15, 0.2) is 33.9 Å². The van der Waals surface area contributed by atoms with Crippen LogP contribution in [0.4, 0.5) is 0 Å². The normalized spacial score (nSPS) is 20.3. The highest BCUT2D eigenvalue weighted by Crippen LogP contribution is 2.23. The number of pyridine rings is 1. The average molecular weight is 470 g/mol. The Morgan fingerprint density at radius 1 is 1.35 bits per heavy atom. The maximum Gasteiger partial charge on any atom is 0.276 e. The molecular weight excluding hydrogens is 443 g/mol. The van der Waals surface area contributed by atoms with Crippen molar-refractivity contribution in [3.63, 3.8) is 0 Å². The second-order valence-electron chi connectivity index (χ2n) is 6.59. The van der Waals surface area contributed by atoms with Gasteiger partial charge < -0.3 is 15.2 Å². The number of rotatable bonds is 5. The van der Waals surface area contributed by atoms with Gasteiger partial charge in [-0.3, -0.25) is 9.98 Å². The fourth-order valence-electron chi connectivity index (χ4n) is 3.19. The molecule has 0 saturated heterocycles. The SMILES string of the molecule is CN=C(NCCc1noc(-c2ccccn2)n1)NC1CCCC(C)C1.I. The summed E-state index contributed by atoms with van der Waals surface area (Å²) in [6.07, 6.45) is 7.42. The van der Waals surface area contributed by atoms with Crippen LogP contribution >= 0.6 is 24.0 Å². The van der Waals surface area contributed by atoms with Crippen molar-refractivity contribution >= 4 is 29.9 Å². The molecule has 0 bridgehead atoms. The first-order chi connectivity index (χ1) is 12.2. The van der Waals surface area contributed by atoms with Crippen LogP contribution in [0.3, 0.4) is 0 Å². The predicted molar refractivity (Wildman–Crippen MR) is 113 cm³/mol. The molecule has 2 aromatic heterocycles. The second-order valence-corrected chi connectivity index (χ2v) is 6.59. The van der Waals surface area contributed by atoms with Crippen LogP contribution in [0, 0.1) is 5.92 Å². The van der Waals surface area contributed by atoms with Crippen molar-refractivity contribution in [2.24, 2.45) is 10.9 Å². The fourth-order valence-corrected chi connectivity index (χ4v) is 3.19. The van der Waals surface area contributed by atoms with Crippen molar-refractivity contribution in [3.05, 3.63) is 30.2 Å². The van der Waals surface area contributed by atoms with Crippen molar-refractivity contribution < 1.29 is 4.52 Å². The maximum atomic E-state index is 5.27. The van der Waals surface area contributed by atoms with E-state index in [0.717, 1.165) is 11.9 Å². The molecule has 142 valence electrons. The zero-order valence-corrected chi connectivity index (χ0v) is 17.6. The molecule has 0 spiro atoms. The maximum absolute atomic E-state index is 5.27. The van der Waals surface area contributed by atoms with Gasteiger partial charge in [-0.05, 0) is 30.9 Å². The van der Waals surface area contributed by atoms with E-state index >= 15 is 0 Å². The molecule has 0 radical (unpaired) electrons. The van der Waals surface area contributed by atoms with Gasteiger partial charge in [-0.2, -0.15) is 4.98 Å². The molecule has 0 amide bonds. The van der Waals surface area contributed by atoms with Gasteiger partial charge in [-0.15, -0.1) is 24.0 Å². The number of aromatic nitrogens is 3. The van der Waals surface area contributed by atoms with Gasteiger partial charge in [0.1, 0.15) is 5.69 Å². The fraction of sp³-hybridized carbons (Fsp3) is 0.556. The summed E-state index contributed by atoms with van der Waals surface area (Å²) in [6, 6.07) is 6.12. The van der Waals surface area contributed by atoms with Gasteiger partial charge in [0.25, 0.3) is 5.89 Å². The zero-order valence-electron chi connectivity index (χ0n) is 15.3. The number of nitrogens with one attached hydrogen (secondary N) is 2. The van der Waals surface area contributed by atoms with E-state index in [1.807, 2.05) is 18.2 Å². The Bertz CT molecular complexity index is 690. The molecule has 2 atom stereocenters. The lowest BCUT2D eigenvalue weighted by Crippen LogP contribution is -2.45. The van der Waals surface area contributed by atoms with Gasteiger partial charge in [0.2, 0.25) is 0 Å². The minimum atomic E-state index is 0. The van der Waals surface area contributed by atoms with Crippen molar-refractivity contribution in [1.82, 2.24) is 25.8 Å². The molecule has 1 fully saturated rings. The van der Waals surface area contributed by atoms with Gasteiger partial charge in [0.15, 0.2) is 11.8 Å². The number of hydrogen-bond acceptors (Lipinski definition) is 5. The highest BCUT2D eigenvalue weighted by atomic mass is 127. The molecule has 0 aromatic carbocycles. The first-order valence-electron chi connectivity index (χ1n) is 8.95. The highest BCUT2D eigenvalue weighted by Gasteiger charge is 2.19. The van der Waals surface area contributed by atoms with Crippen molar-refractivity contribution in [3.8, 4) is 11.6 Å². The quantitative estimate of drug-likeness (QED) is 0.397. The van der Waals surface area contributed by atoms with E-state index in [-0.39, 0.29) is 24.0 Å². The number of hydrogen-bond donors (Lipinski definition) is 2. The number of halogens is 1. The number of aliphatic imine (C=N–C) groups is 1. The van der Waals surface area contributed by atoms with Crippen LogP contribution in [-0.2, 0) is 6.42 Å². The lowest BCUT2D eigenvalue weighted by molar-refractivity contribution is 0.324. The summed E-state index contributed by atoms with van der Waals surface area (Å²) < 4.78 is 5.27. The van der Waals surface area contributed by atoms with E-state index in [0.29, 0.717) is 36.4 Å². The largest absolute Gasteiger partial charge is 0.356 e. The molecule has 2 N–H and O–H groups in total. The summed E-state index contributed by atoms with van der Waals surface area (Å²) in [7, 11) is 1.80. The van der Waals surface area contributed by atoms with Gasteiger partial charge in [0.05, 0.1) is 0 Å². The summed E-state index contributed by atoms with van der Waals surface area (Å²) in [5.41, 5.74) is 0.693. The third kappa shape index (κ3) is 5.93. The average Bonchev–Trinajstić information content (AvgIpc) is 3.10. The van der Waals surface area contributed by atoms with Gasteiger partial charge in [-0.1, -0.05) is 31.0 Å². The number of guanidine groups is 1. The Morgan fingerprint density at radius 3 is 2.96 bits per heavy atom. The first-order valence-corrected chi connectivity index (χ1v) is 8.95. The molecular formula is C18H27IN6O. The Morgan fingerprint density at radius 2 is 2.23 bits per heavy atom. The van der Waals surface area contributed by atoms with E-state index in [4.69, 9.17) is 4.52 Å². The van der Waals surface area contributed by atoms with E-state index in [1.165, 1.54) is 25.7 Å². The molecule has 1 saturated carbocycles. The molecule has 0 aliphatic heterocycles. The summed E-state index contributed by atoms with van der Waals surface area (Å²) in [4.78, 5) is 12.9. The molecule has 1 aliphatic carbocycles. The molecule has 26 heavy (non-hydrogen) atoms. The summed E-state index contributed by atoms with van der Waals surface area (Å²) in [5, 5.41) is 10.9.